The summed E-state index contributed by atoms with van der Waals surface area (Å²) in [6.07, 6.45) is 0. The largest absolute Gasteiger partial charge is 0.496 e. The van der Waals surface area contributed by atoms with E-state index in [9.17, 15) is 4.39 Å². The topological polar surface area (TPSA) is 39.9 Å². The zero-order valence-corrected chi connectivity index (χ0v) is 17.0. The molecule has 0 fully saturated rings. The molecule has 0 spiro atoms. The molecule has 0 saturated carbocycles. The van der Waals surface area contributed by atoms with E-state index >= 15 is 0 Å². The number of aromatic nitrogens is 3. The van der Waals surface area contributed by atoms with Crippen molar-refractivity contribution >= 4 is 11.8 Å². The van der Waals surface area contributed by atoms with Crippen LogP contribution in [0.15, 0.2) is 78.0 Å². The molecule has 0 bridgehead atoms. The van der Waals surface area contributed by atoms with Crippen LogP contribution >= 0.6 is 11.8 Å². The first-order valence-electron chi connectivity index (χ1n) is 9.19. The average molecular weight is 405 g/mol. The molecule has 4 aromatic rings. The molecule has 0 atom stereocenters. The van der Waals surface area contributed by atoms with Crippen molar-refractivity contribution in [2.75, 3.05) is 7.11 Å². The molecule has 0 aliphatic carbocycles. The van der Waals surface area contributed by atoms with E-state index in [1.54, 1.807) is 19.2 Å². The molecule has 4 rings (SSSR count). The van der Waals surface area contributed by atoms with E-state index in [1.807, 2.05) is 47.0 Å². The minimum absolute atomic E-state index is 0.238. The first-order valence-corrected chi connectivity index (χ1v) is 10.2. The fourth-order valence-electron chi connectivity index (χ4n) is 3.14. The lowest BCUT2D eigenvalue weighted by Gasteiger charge is -2.13. The molecule has 0 aliphatic rings. The fourth-order valence-corrected chi connectivity index (χ4v) is 4.04. The van der Waals surface area contributed by atoms with E-state index in [4.69, 9.17) is 4.74 Å². The summed E-state index contributed by atoms with van der Waals surface area (Å²) < 4.78 is 21.1. The Kier molecular flexibility index (Phi) is 5.62. The number of hydrogen-bond acceptors (Lipinski definition) is 4. The quantitative estimate of drug-likeness (QED) is 0.387. The number of methoxy groups -OCH3 is 1. The van der Waals surface area contributed by atoms with E-state index in [-0.39, 0.29) is 5.82 Å². The standard InChI is InChI=1S/C23H20FN3OS/c1-16-7-5-10-19(13-16)27-22(20-11-3-4-12-21(20)28-2)25-26-23(27)29-15-17-8-6-9-18(24)14-17/h3-14H,15H2,1-2H3. The Morgan fingerprint density at radius 2 is 1.79 bits per heavy atom. The smallest absolute Gasteiger partial charge is 0.196 e. The SMILES string of the molecule is COc1ccccc1-c1nnc(SCc2cccc(F)c2)n1-c1cccc(C)c1. The van der Waals surface area contributed by atoms with Crippen molar-refractivity contribution in [3.8, 4) is 22.8 Å². The minimum atomic E-state index is -0.238. The first kappa shape index (κ1) is 19.2. The van der Waals surface area contributed by atoms with Crippen LogP contribution < -0.4 is 4.74 Å². The van der Waals surface area contributed by atoms with Crippen LogP contribution in [0.1, 0.15) is 11.1 Å². The summed E-state index contributed by atoms with van der Waals surface area (Å²) in [4.78, 5) is 0. The zero-order chi connectivity index (χ0) is 20.2. The van der Waals surface area contributed by atoms with Gasteiger partial charge >= 0.3 is 0 Å². The maximum Gasteiger partial charge on any atom is 0.196 e. The molecular weight excluding hydrogens is 385 g/mol. The number of benzene rings is 3. The zero-order valence-electron chi connectivity index (χ0n) is 16.2. The number of rotatable bonds is 6. The molecule has 1 heterocycles. The molecule has 0 N–H and O–H groups in total. The molecule has 3 aromatic carbocycles. The molecule has 29 heavy (non-hydrogen) atoms. The number of aryl methyl sites for hydroxylation is 1. The van der Waals surface area contributed by atoms with E-state index < -0.39 is 0 Å². The predicted octanol–water partition coefficient (Wildman–Crippen LogP) is 5.68. The number of para-hydroxylation sites is 1. The van der Waals surface area contributed by atoms with Gasteiger partial charge in [-0.2, -0.15) is 0 Å². The Hall–Kier alpha value is -3.12. The molecule has 4 nitrogen and oxygen atoms in total. The minimum Gasteiger partial charge on any atom is -0.496 e. The third-order valence-corrected chi connectivity index (χ3v) is 5.50. The number of halogens is 1. The van der Waals surface area contributed by atoms with E-state index in [1.165, 1.54) is 17.8 Å². The van der Waals surface area contributed by atoms with Crippen molar-refractivity contribution < 1.29 is 9.13 Å². The van der Waals surface area contributed by atoms with Gasteiger partial charge in [-0.05, 0) is 54.4 Å². The third kappa shape index (κ3) is 4.17. The van der Waals surface area contributed by atoms with Gasteiger partial charge in [-0.25, -0.2) is 4.39 Å². The number of thioether (sulfide) groups is 1. The average Bonchev–Trinajstić information content (AvgIpc) is 3.16. The van der Waals surface area contributed by atoms with Crippen molar-refractivity contribution in [2.24, 2.45) is 0 Å². The van der Waals surface area contributed by atoms with Crippen LogP contribution in [0.3, 0.4) is 0 Å². The number of hydrogen-bond donors (Lipinski definition) is 0. The summed E-state index contributed by atoms with van der Waals surface area (Å²) in [7, 11) is 1.64. The van der Waals surface area contributed by atoms with Crippen molar-refractivity contribution in [3.05, 3.63) is 89.7 Å². The summed E-state index contributed by atoms with van der Waals surface area (Å²) in [5.41, 5.74) is 3.87. The van der Waals surface area contributed by atoms with Gasteiger partial charge in [-0.1, -0.05) is 48.2 Å². The Morgan fingerprint density at radius 1 is 0.966 bits per heavy atom. The highest BCUT2D eigenvalue weighted by atomic mass is 32.2. The van der Waals surface area contributed by atoms with Crippen molar-refractivity contribution in [1.82, 2.24) is 14.8 Å². The number of ether oxygens (including phenoxy) is 1. The summed E-state index contributed by atoms with van der Waals surface area (Å²) >= 11 is 1.52. The van der Waals surface area contributed by atoms with Crippen LogP contribution in [-0.4, -0.2) is 21.9 Å². The fraction of sp³-hybridized carbons (Fsp3) is 0.130. The summed E-state index contributed by atoms with van der Waals surface area (Å²) in [5.74, 6) is 1.79. The van der Waals surface area contributed by atoms with Gasteiger partial charge in [-0.15, -0.1) is 10.2 Å². The van der Waals surface area contributed by atoms with E-state index in [2.05, 4.69) is 29.3 Å². The molecule has 146 valence electrons. The molecule has 0 saturated heterocycles. The van der Waals surface area contributed by atoms with Gasteiger partial charge in [0, 0.05) is 11.4 Å². The molecule has 0 amide bonds. The summed E-state index contributed by atoms with van der Waals surface area (Å²) in [6.45, 7) is 2.05. The second kappa shape index (κ2) is 8.49. The van der Waals surface area contributed by atoms with Gasteiger partial charge < -0.3 is 4.74 Å². The van der Waals surface area contributed by atoms with Crippen LogP contribution in [-0.2, 0) is 5.75 Å². The predicted molar refractivity (Wildman–Crippen MR) is 114 cm³/mol. The monoisotopic (exact) mass is 405 g/mol. The summed E-state index contributed by atoms with van der Waals surface area (Å²) in [6, 6.07) is 22.6. The Labute approximate surface area is 173 Å². The second-order valence-electron chi connectivity index (χ2n) is 6.60. The maximum absolute atomic E-state index is 13.5. The Bertz CT molecular complexity index is 1140. The highest BCUT2D eigenvalue weighted by Gasteiger charge is 2.19. The van der Waals surface area contributed by atoms with Gasteiger partial charge in [0.25, 0.3) is 0 Å². The lowest BCUT2D eigenvalue weighted by Crippen LogP contribution is -2.01. The van der Waals surface area contributed by atoms with Crippen LogP contribution in [0.5, 0.6) is 5.75 Å². The number of nitrogens with zero attached hydrogens (tertiary/aromatic N) is 3. The molecule has 0 aliphatic heterocycles. The van der Waals surface area contributed by atoms with Crippen molar-refractivity contribution in [3.63, 3.8) is 0 Å². The van der Waals surface area contributed by atoms with Gasteiger partial charge in [0.15, 0.2) is 11.0 Å². The lowest BCUT2D eigenvalue weighted by atomic mass is 10.1. The molecule has 0 unspecified atom stereocenters. The summed E-state index contributed by atoms with van der Waals surface area (Å²) in [5, 5.41) is 9.64. The van der Waals surface area contributed by atoms with Gasteiger partial charge in [-0.3, -0.25) is 4.57 Å². The van der Waals surface area contributed by atoms with E-state index in [0.29, 0.717) is 11.6 Å². The second-order valence-corrected chi connectivity index (χ2v) is 7.54. The van der Waals surface area contributed by atoms with Crippen LogP contribution in [0.4, 0.5) is 4.39 Å². The van der Waals surface area contributed by atoms with Gasteiger partial charge in [0.1, 0.15) is 11.6 Å². The van der Waals surface area contributed by atoms with Crippen LogP contribution in [0.2, 0.25) is 0 Å². The molecule has 1 aromatic heterocycles. The highest BCUT2D eigenvalue weighted by molar-refractivity contribution is 7.98. The van der Waals surface area contributed by atoms with Crippen LogP contribution in [0, 0.1) is 12.7 Å². The first-order chi connectivity index (χ1) is 14.2. The highest BCUT2D eigenvalue weighted by Crippen LogP contribution is 2.34. The van der Waals surface area contributed by atoms with Gasteiger partial charge in [0.05, 0.1) is 12.7 Å². The Morgan fingerprint density at radius 3 is 2.59 bits per heavy atom. The van der Waals surface area contributed by atoms with Crippen molar-refractivity contribution in [2.45, 2.75) is 17.8 Å². The Balaban J connectivity index is 1.78. The third-order valence-electron chi connectivity index (χ3n) is 4.50. The molecular formula is C23H20FN3OS. The van der Waals surface area contributed by atoms with E-state index in [0.717, 1.165) is 33.3 Å². The normalized spacial score (nSPS) is 10.9. The molecule has 6 heteroatoms. The van der Waals surface area contributed by atoms with Crippen molar-refractivity contribution in [1.29, 1.82) is 0 Å². The maximum atomic E-state index is 13.5. The van der Waals surface area contributed by atoms with Gasteiger partial charge in [0.2, 0.25) is 0 Å². The lowest BCUT2D eigenvalue weighted by molar-refractivity contribution is 0.416. The molecule has 0 radical (unpaired) electrons. The van der Waals surface area contributed by atoms with Crippen LogP contribution in [0.25, 0.3) is 17.1 Å².